The van der Waals surface area contributed by atoms with Gasteiger partial charge in [-0.2, -0.15) is 0 Å². The Morgan fingerprint density at radius 3 is 2.85 bits per heavy atom. The van der Waals surface area contributed by atoms with Crippen molar-refractivity contribution in [2.24, 2.45) is 5.73 Å². The Hall–Kier alpha value is -1.38. The number of hydrogen-bond donors (Lipinski definition) is 1. The molecule has 1 unspecified atom stereocenters. The number of hydrogen-bond acceptors (Lipinski definition) is 1. The standard InChI is InChI=1S/C10H12FNO/c1-7-3-2-4-8(5-7)6-9(11)10(12)13/h2-5,9H,6H2,1H3,(H2,12,13). The van der Waals surface area contributed by atoms with Crippen LogP contribution in [0, 0.1) is 6.92 Å². The van der Waals surface area contributed by atoms with Gasteiger partial charge in [-0.25, -0.2) is 4.39 Å². The maximum absolute atomic E-state index is 12.9. The van der Waals surface area contributed by atoms with Gasteiger partial charge in [-0.3, -0.25) is 4.79 Å². The summed E-state index contributed by atoms with van der Waals surface area (Å²) in [5, 5.41) is 0. The number of aryl methyl sites for hydroxylation is 1. The molecule has 0 bridgehead atoms. The molecule has 1 amide bonds. The largest absolute Gasteiger partial charge is 0.367 e. The lowest BCUT2D eigenvalue weighted by Gasteiger charge is -2.04. The second kappa shape index (κ2) is 4.03. The first kappa shape index (κ1) is 9.71. The number of amides is 1. The van der Waals surface area contributed by atoms with Crippen LogP contribution < -0.4 is 5.73 Å². The highest BCUT2D eigenvalue weighted by Gasteiger charge is 2.13. The quantitative estimate of drug-likeness (QED) is 0.751. The molecule has 0 fully saturated rings. The SMILES string of the molecule is Cc1cccc(CC(F)C(N)=O)c1. The highest BCUT2D eigenvalue weighted by atomic mass is 19.1. The van der Waals surface area contributed by atoms with Crippen LogP contribution in [0.4, 0.5) is 4.39 Å². The van der Waals surface area contributed by atoms with Gasteiger partial charge in [0.15, 0.2) is 6.17 Å². The lowest BCUT2D eigenvalue weighted by atomic mass is 10.1. The highest BCUT2D eigenvalue weighted by Crippen LogP contribution is 2.08. The lowest BCUT2D eigenvalue weighted by Crippen LogP contribution is -2.26. The van der Waals surface area contributed by atoms with E-state index in [0.29, 0.717) is 0 Å². The second-order valence-electron chi connectivity index (χ2n) is 3.06. The summed E-state index contributed by atoms with van der Waals surface area (Å²) < 4.78 is 12.9. The zero-order chi connectivity index (χ0) is 9.84. The van der Waals surface area contributed by atoms with Crippen molar-refractivity contribution < 1.29 is 9.18 Å². The molecule has 0 aromatic heterocycles. The molecule has 0 aliphatic rings. The summed E-state index contributed by atoms with van der Waals surface area (Å²) in [6.07, 6.45) is -1.52. The van der Waals surface area contributed by atoms with Crippen LogP contribution in [0.2, 0.25) is 0 Å². The molecule has 1 atom stereocenters. The third-order valence-electron chi connectivity index (χ3n) is 1.81. The summed E-state index contributed by atoms with van der Waals surface area (Å²) in [6, 6.07) is 7.37. The van der Waals surface area contributed by atoms with Crippen LogP contribution >= 0.6 is 0 Å². The molecular weight excluding hydrogens is 169 g/mol. The first-order chi connectivity index (χ1) is 6.09. The topological polar surface area (TPSA) is 43.1 Å². The molecule has 2 N–H and O–H groups in total. The molecule has 70 valence electrons. The molecule has 0 spiro atoms. The zero-order valence-corrected chi connectivity index (χ0v) is 7.46. The van der Waals surface area contributed by atoms with Gasteiger partial charge in [0, 0.05) is 6.42 Å². The molecule has 0 saturated heterocycles. The molecule has 13 heavy (non-hydrogen) atoms. The Morgan fingerprint density at radius 2 is 2.31 bits per heavy atom. The minimum absolute atomic E-state index is 0.0665. The van der Waals surface area contributed by atoms with Crippen LogP contribution in [0.3, 0.4) is 0 Å². The van der Waals surface area contributed by atoms with Crippen LogP contribution in [-0.4, -0.2) is 12.1 Å². The van der Waals surface area contributed by atoms with Crippen molar-refractivity contribution in [1.29, 1.82) is 0 Å². The van der Waals surface area contributed by atoms with Gasteiger partial charge in [-0.1, -0.05) is 29.8 Å². The van der Waals surface area contributed by atoms with Crippen LogP contribution in [-0.2, 0) is 11.2 Å². The monoisotopic (exact) mass is 181 g/mol. The van der Waals surface area contributed by atoms with Gasteiger partial charge in [-0.05, 0) is 12.5 Å². The van der Waals surface area contributed by atoms with Crippen molar-refractivity contribution in [2.45, 2.75) is 19.5 Å². The number of benzene rings is 1. The van der Waals surface area contributed by atoms with Gasteiger partial charge in [0.25, 0.3) is 5.91 Å². The van der Waals surface area contributed by atoms with Gasteiger partial charge >= 0.3 is 0 Å². The van der Waals surface area contributed by atoms with E-state index in [-0.39, 0.29) is 6.42 Å². The maximum Gasteiger partial charge on any atom is 0.252 e. The Kier molecular flexibility index (Phi) is 3.01. The predicted molar refractivity (Wildman–Crippen MR) is 49.0 cm³/mol. The van der Waals surface area contributed by atoms with Crippen LogP contribution in [0.15, 0.2) is 24.3 Å². The minimum Gasteiger partial charge on any atom is -0.367 e. The van der Waals surface area contributed by atoms with Crippen molar-refractivity contribution in [3.05, 3.63) is 35.4 Å². The van der Waals surface area contributed by atoms with Gasteiger partial charge < -0.3 is 5.73 Å². The van der Waals surface area contributed by atoms with Gasteiger partial charge in [0.05, 0.1) is 0 Å². The minimum atomic E-state index is -1.58. The van der Waals surface area contributed by atoms with E-state index in [1.54, 1.807) is 6.07 Å². The number of primary amides is 1. The Balaban J connectivity index is 2.69. The molecule has 0 heterocycles. The van der Waals surface area contributed by atoms with Gasteiger partial charge in [0.1, 0.15) is 0 Å². The number of nitrogens with two attached hydrogens (primary N) is 1. The van der Waals surface area contributed by atoms with Crippen LogP contribution in [0.25, 0.3) is 0 Å². The summed E-state index contributed by atoms with van der Waals surface area (Å²) >= 11 is 0. The van der Waals surface area contributed by atoms with Crippen molar-refractivity contribution in [2.75, 3.05) is 0 Å². The number of alkyl halides is 1. The van der Waals surface area contributed by atoms with E-state index in [4.69, 9.17) is 5.73 Å². The average molecular weight is 181 g/mol. The Morgan fingerprint density at radius 1 is 1.62 bits per heavy atom. The molecule has 0 radical (unpaired) electrons. The third-order valence-corrected chi connectivity index (χ3v) is 1.81. The molecule has 0 saturated carbocycles. The van der Waals surface area contributed by atoms with Crippen LogP contribution in [0.1, 0.15) is 11.1 Å². The average Bonchev–Trinajstić information content (AvgIpc) is 2.04. The third kappa shape index (κ3) is 2.86. The van der Waals surface area contributed by atoms with E-state index in [2.05, 4.69) is 0 Å². The molecule has 1 aromatic rings. The Labute approximate surface area is 76.6 Å². The molecule has 1 rings (SSSR count). The number of carbonyl (C=O) groups excluding carboxylic acids is 1. The van der Waals surface area contributed by atoms with Gasteiger partial charge in [-0.15, -0.1) is 0 Å². The molecule has 0 aliphatic heterocycles. The molecule has 0 aliphatic carbocycles. The second-order valence-corrected chi connectivity index (χ2v) is 3.06. The fourth-order valence-electron chi connectivity index (χ4n) is 1.15. The molecule has 2 nitrogen and oxygen atoms in total. The van der Waals surface area contributed by atoms with Gasteiger partial charge in [0.2, 0.25) is 0 Å². The van der Waals surface area contributed by atoms with Crippen molar-refractivity contribution >= 4 is 5.91 Å². The van der Waals surface area contributed by atoms with E-state index in [1.165, 1.54) is 0 Å². The number of halogens is 1. The first-order valence-electron chi connectivity index (χ1n) is 4.08. The fourth-order valence-corrected chi connectivity index (χ4v) is 1.15. The van der Waals surface area contributed by atoms with E-state index < -0.39 is 12.1 Å². The van der Waals surface area contributed by atoms with E-state index >= 15 is 0 Å². The summed E-state index contributed by atoms with van der Waals surface area (Å²) in [6.45, 7) is 1.92. The summed E-state index contributed by atoms with van der Waals surface area (Å²) in [5.41, 5.74) is 6.66. The predicted octanol–water partition coefficient (Wildman–Crippen LogP) is 1.36. The normalized spacial score (nSPS) is 12.5. The lowest BCUT2D eigenvalue weighted by molar-refractivity contribution is -0.122. The van der Waals surface area contributed by atoms with E-state index in [9.17, 15) is 9.18 Å². The Bertz CT molecular complexity index is 312. The van der Waals surface area contributed by atoms with E-state index in [1.807, 2.05) is 25.1 Å². The summed E-state index contributed by atoms with van der Waals surface area (Å²) in [4.78, 5) is 10.4. The summed E-state index contributed by atoms with van der Waals surface area (Å²) in [5.74, 6) is -0.901. The van der Waals surface area contributed by atoms with E-state index in [0.717, 1.165) is 11.1 Å². The number of rotatable bonds is 3. The smallest absolute Gasteiger partial charge is 0.252 e. The maximum atomic E-state index is 12.9. The molecule has 1 aromatic carbocycles. The van der Waals surface area contributed by atoms with Crippen LogP contribution in [0.5, 0.6) is 0 Å². The highest BCUT2D eigenvalue weighted by molar-refractivity contribution is 5.78. The molecule has 3 heteroatoms. The van der Waals surface area contributed by atoms with Crippen molar-refractivity contribution in [1.82, 2.24) is 0 Å². The molecular formula is C10H12FNO. The van der Waals surface area contributed by atoms with Crippen molar-refractivity contribution in [3.63, 3.8) is 0 Å². The zero-order valence-electron chi connectivity index (χ0n) is 7.46. The number of carbonyl (C=O) groups is 1. The summed E-state index contributed by atoms with van der Waals surface area (Å²) in [7, 11) is 0. The fraction of sp³-hybridized carbons (Fsp3) is 0.300. The first-order valence-corrected chi connectivity index (χ1v) is 4.08. The van der Waals surface area contributed by atoms with Crippen molar-refractivity contribution in [3.8, 4) is 0 Å².